The molecule has 1 aliphatic heterocycles. The summed E-state index contributed by atoms with van der Waals surface area (Å²) in [5.74, 6) is 2.29. The van der Waals surface area contributed by atoms with Crippen LogP contribution < -0.4 is 10.1 Å². The molecule has 0 spiro atoms. The molecule has 0 amide bonds. The molecule has 3 heteroatoms. The Morgan fingerprint density at radius 3 is 2.95 bits per heavy atom. The summed E-state index contributed by atoms with van der Waals surface area (Å²) in [7, 11) is 0. The first kappa shape index (κ1) is 14.7. The smallest absolute Gasteiger partial charge is 0.122 e. The Hall–Kier alpha value is -0.730. The molecule has 1 aromatic rings. The van der Waals surface area contributed by atoms with E-state index >= 15 is 0 Å². The minimum atomic E-state index is 0.313. The lowest BCUT2D eigenvalue weighted by atomic mass is 9.88. The van der Waals surface area contributed by atoms with Gasteiger partial charge in [-0.15, -0.1) is 11.6 Å². The Kier molecular flexibility index (Phi) is 5.12. The van der Waals surface area contributed by atoms with Gasteiger partial charge in [0.2, 0.25) is 0 Å². The van der Waals surface area contributed by atoms with Crippen LogP contribution in [0.4, 0.5) is 0 Å². The molecule has 1 heterocycles. The number of hydrogen-bond donors (Lipinski definition) is 1. The molecule has 1 aliphatic rings. The predicted molar refractivity (Wildman–Crippen MR) is 81.3 cm³/mol. The number of hydrogen-bond acceptors (Lipinski definition) is 2. The molecule has 1 atom stereocenters. The Bertz CT molecular complexity index is 405. The van der Waals surface area contributed by atoms with Gasteiger partial charge in [-0.3, -0.25) is 0 Å². The summed E-state index contributed by atoms with van der Waals surface area (Å²) in [6.45, 7) is 7.41. The van der Waals surface area contributed by atoms with Gasteiger partial charge in [-0.1, -0.05) is 32.0 Å². The van der Waals surface area contributed by atoms with Gasteiger partial charge in [-0.2, -0.15) is 0 Å². The largest absolute Gasteiger partial charge is 0.493 e. The number of benzene rings is 1. The number of rotatable bonds is 7. The summed E-state index contributed by atoms with van der Waals surface area (Å²) in [5, 5.41) is 3.59. The highest BCUT2D eigenvalue weighted by Gasteiger charge is 2.24. The van der Waals surface area contributed by atoms with Crippen LogP contribution in [0.5, 0.6) is 5.75 Å². The number of alkyl halides is 1. The van der Waals surface area contributed by atoms with Crippen molar-refractivity contribution in [1.82, 2.24) is 5.32 Å². The topological polar surface area (TPSA) is 21.3 Å². The van der Waals surface area contributed by atoms with Crippen molar-refractivity contribution in [1.29, 1.82) is 0 Å². The molecule has 0 bridgehead atoms. The zero-order chi connectivity index (χ0) is 13.7. The number of halogens is 1. The normalized spacial score (nSPS) is 18.2. The molecule has 0 fully saturated rings. The number of para-hydroxylation sites is 1. The second-order valence-corrected chi connectivity index (χ2v) is 6.51. The van der Waals surface area contributed by atoms with Gasteiger partial charge in [-0.05, 0) is 24.3 Å². The van der Waals surface area contributed by atoms with E-state index in [0.29, 0.717) is 11.3 Å². The Morgan fingerprint density at radius 2 is 2.16 bits per heavy atom. The Morgan fingerprint density at radius 1 is 1.37 bits per heavy atom. The van der Waals surface area contributed by atoms with Crippen LogP contribution in [0.3, 0.4) is 0 Å². The van der Waals surface area contributed by atoms with Gasteiger partial charge in [0.1, 0.15) is 5.75 Å². The third-order valence-corrected chi connectivity index (χ3v) is 4.05. The summed E-state index contributed by atoms with van der Waals surface area (Å²) in [6, 6.07) is 8.35. The van der Waals surface area contributed by atoms with Crippen molar-refractivity contribution in [3.8, 4) is 5.75 Å². The summed E-state index contributed by atoms with van der Waals surface area (Å²) in [6.07, 6.45) is 2.26. The van der Waals surface area contributed by atoms with Crippen LogP contribution in [0.15, 0.2) is 24.3 Å². The maximum Gasteiger partial charge on any atom is 0.122 e. The second kappa shape index (κ2) is 6.62. The molecule has 0 saturated carbocycles. The van der Waals surface area contributed by atoms with E-state index in [9.17, 15) is 0 Å². The van der Waals surface area contributed by atoms with E-state index in [2.05, 4.69) is 37.4 Å². The Labute approximate surface area is 121 Å². The lowest BCUT2D eigenvalue weighted by Crippen LogP contribution is -2.32. The van der Waals surface area contributed by atoms with E-state index in [1.807, 2.05) is 6.07 Å². The van der Waals surface area contributed by atoms with Crippen LogP contribution in [-0.2, 0) is 0 Å². The minimum absolute atomic E-state index is 0.313. The van der Waals surface area contributed by atoms with Gasteiger partial charge in [-0.25, -0.2) is 0 Å². The molecule has 0 aliphatic carbocycles. The van der Waals surface area contributed by atoms with Gasteiger partial charge < -0.3 is 10.1 Å². The molecule has 2 nitrogen and oxygen atoms in total. The Balaban J connectivity index is 1.78. The predicted octanol–water partition coefficient (Wildman–Crippen LogP) is 3.80. The third-order valence-electron chi connectivity index (χ3n) is 3.78. The van der Waals surface area contributed by atoms with E-state index in [4.69, 9.17) is 16.3 Å². The molecule has 1 N–H and O–H groups in total. The first-order chi connectivity index (χ1) is 9.12. The SMILES string of the molecule is CC(C)(CCCCl)CNCC1COc2ccccc21. The molecule has 19 heavy (non-hydrogen) atoms. The molecule has 0 radical (unpaired) electrons. The van der Waals surface area contributed by atoms with Crippen molar-refractivity contribution in [3.63, 3.8) is 0 Å². The number of ether oxygens (including phenoxy) is 1. The van der Waals surface area contributed by atoms with Gasteiger partial charge in [0, 0.05) is 30.5 Å². The lowest BCUT2D eigenvalue weighted by Gasteiger charge is -2.25. The molecular formula is C16H24ClNO. The summed E-state index contributed by atoms with van der Waals surface area (Å²) < 4.78 is 5.70. The maximum atomic E-state index is 5.76. The van der Waals surface area contributed by atoms with Crippen molar-refractivity contribution >= 4 is 11.6 Å². The zero-order valence-corrected chi connectivity index (χ0v) is 12.7. The maximum absolute atomic E-state index is 5.76. The molecule has 106 valence electrons. The first-order valence-electron chi connectivity index (χ1n) is 7.11. The van der Waals surface area contributed by atoms with Crippen LogP contribution in [0.25, 0.3) is 0 Å². The molecule has 0 saturated heterocycles. The van der Waals surface area contributed by atoms with Crippen LogP contribution >= 0.6 is 11.6 Å². The highest BCUT2D eigenvalue weighted by atomic mass is 35.5. The molecular weight excluding hydrogens is 258 g/mol. The van der Waals surface area contributed by atoms with Crippen LogP contribution in [0, 0.1) is 5.41 Å². The van der Waals surface area contributed by atoms with Gasteiger partial charge >= 0.3 is 0 Å². The van der Waals surface area contributed by atoms with Crippen molar-refractivity contribution < 1.29 is 4.74 Å². The highest BCUT2D eigenvalue weighted by molar-refractivity contribution is 6.17. The molecule has 0 aromatic heterocycles. The molecule has 1 unspecified atom stereocenters. The second-order valence-electron chi connectivity index (χ2n) is 6.13. The summed E-state index contributed by atoms with van der Waals surface area (Å²) >= 11 is 5.76. The summed E-state index contributed by atoms with van der Waals surface area (Å²) in [4.78, 5) is 0. The van der Waals surface area contributed by atoms with Gasteiger partial charge in [0.15, 0.2) is 0 Å². The van der Waals surface area contributed by atoms with E-state index in [0.717, 1.165) is 37.7 Å². The van der Waals surface area contributed by atoms with Gasteiger partial charge in [0.05, 0.1) is 6.61 Å². The van der Waals surface area contributed by atoms with Crippen molar-refractivity contribution in [2.24, 2.45) is 5.41 Å². The van der Waals surface area contributed by atoms with Crippen molar-refractivity contribution in [2.45, 2.75) is 32.6 Å². The van der Waals surface area contributed by atoms with E-state index in [1.54, 1.807) is 0 Å². The van der Waals surface area contributed by atoms with Crippen LogP contribution in [0.2, 0.25) is 0 Å². The summed E-state index contributed by atoms with van der Waals surface area (Å²) in [5.41, 5.74) is 1.65. The van der Waals surface area contributed by atoms with Gasteiger partial charge in [0.25, 0.3) is 0 Å². The monoisotopic (exact) mass is 281 g/mol. The highest BCUT2D eigenvalue weighted by Crippen LogP contribution is 2.33. The van der Waals surface area contributed by atoms with E-state index < -0.39 is 0 Å². The fourth-order valence-corrected chi connectivity index (χ4v) is 2.75. The van der Waals surface area contributed by atoms with E-state index in [-0.39, 0.29) is 0 Å². The van der Waals surface area contributed by atoms with Crippen molar-refractivity contribution in [2.75, 3.05) is 25.6 Å². The lowest BCUT2D eigenvalue weighted by molar-refractivity contribution is 0.292. The zero-order valence-electron chi connectivity index (χ0n) is 11.9. The fourth-order valence-electron chi connectivity index (χ4n) is 2.62. The standard InChI is InChI=1S/C16H24ClNO/c1-16(2,8-5-9-17)12-18-10-13-11-19-15-7-4-3-6-14(13)15/h3-4,6-7,13,18H,5,8-12H2,1-2H3. The average Bonchev–Trinajstić information content (AvgIpc) is 2.80. The average molecular weight is 282 g/mol. The van der Waals surface area contributed by atoms with Crippen LogP contribution in [-0.4, -0.2) is 25.6 Å². The first-order valence-corrected chi connectivity index (χ1v) is 7.64. The quantitative estimate of drug-likeness (QED) is 0.768. The third kappa shape index (κ3) is 4.12. The molecule has 2 rings (SSSR count). The van der Waals surface area contributed by atoms with Crippen LogP contribution in [0.1, 0.15) is 38.2 Å². The number of nitrogens with one attached hydrogen (secondary N) is 1. The van der Waals surface area contributed by atoms with E-state index in [1.165, 1.54) is 12.0 Å². The van der Waals surface area contributed by atoms with Crippen molar-refractivity contribution in [3.05, 3.63) is 29.8 Å². The minimum Gasteiger partial charge on any atom is -0.493 e. The fraction of sp³-hybridized carbons (Fsp3) is 0.625. The number of fused-ring (bicyclic) bond motifs is 1. The molecule has 1 aromatic carbocycles.